The van der Waals surface area contributed by atoms with Crippen molar-refractivity contribution in [2.24, 2.45) is 0 Å². The number of carbonyl (C=O) groups is 1. The molecule has 5 rings (SSSR count). The highest BCUT2D eigenvalue weighted by Crippen LogP contribution is 2.33. The summed E-state index contributed by atoms with van der Waals surface area (Å²) in [6.45, 7) is 6.20. The lowest BCUT2D eigenvalue weighted by Crippen LogP contribution is -2.24. The Morgan fingerprint density at radius 2 is 1.80 bits per heavy atom. The molecule has 1 aliphatic rings. The molecule has 1 saturated heterocycles. The zero-order valence-electron chi connectivity index (χ0n) is 20.2. The van der Waals surface area contributed by atoms with Gasteiger partial charge in [-0.1, -0.05) is 24.3 Å². The standard InChI is InChI=1S/C29H30FN3O2/c1-20-8-7-11-27(21(20)2)35-17-6-5-16-32-26-10-4-3-9-25(26)31-29(32)22-18-28(34)33(19-22)24-14-12-23(30)13-15-24/h3-4,7-15,22H,5-6,16-19H2,1-2H3. The number of aromatic nitrogens is 2. The molecule has 2 heterocycles. The van der Waals surface area contributed by atoms with Gasteiger partial charge in [0.15, 0.2) is 0 Å². The van der Waals surface area contributed by atoms with E-state index < -0.39 is 0 Å². The van der Waals surface area contributed by atoms with Crippen molar-refractivity contribution in [1.29, 1.82) is 0 Å². The van der Waals surface area contributed by atoms with Crippen LogP contribution in [0, 0.1) is 19.7 Å². The number of carbonyl (C=O) groups excluding carboxylic acids is 1. The molecule has 1 atom stereocenters. The largest absolute Gasteiger partial charge is 0.493 e. The highest BCUT2D eigenvalue weighted by molar-refractivity contribution is 5.96. The Hall–Kier alpha value is -3.67. The van der Waals surface area contributed by atoms with Crippen LogP contribution in [0.1, 0.15) is 42.1 Å². The number of nitrogens with zero attached hydrogens (tertiary/aromatic N) is 3. The predicted octanol–water partition coefficient (Wildman–Crippen LogP) is 6.17. The second-order valence-electron chi connectivity index (χ2n) is 9.25. The molecule has 0 saturated carbocycles. The van der Waals surface area contributed by atoms with Gasteiger partial charge >= 0.3 is 0 Å². The third kappa shape index (κ3) is 4.78. The second kappa shape index (κ2) is 9.90. The maximum absolute atomic E-state index is 13.4. The van der Waals surface area contributed by atoms with Crippen LogP contribution in [0.3, 0.4) is 0 Å². The van der Waals surface area contributed by atoms with E-state index in [1.165, 1.54) is 23.3 Å². The van der Waals surface area contributed by atoms with Gasteiger partial charge in [-0.2, -0.15) is 0 Å². The van der Waals surface area contributed by atoms with Crippen LogP contribution in [0.2, 0.25) is 0 Å². The van der Waals surface area contributed by atoms with Crippen LogP contribution in [0.4, 0.5) is 10.1 Å². The van der Waals surface area contributed by atoms with Crippen LogP contribution in [0.25, 0.3) is 11.0 Å². The number of unbranched alkanes of at least 4 members (excludes halogenated alkanes) is 1. The molecule has 1 unspecified atom stereocenters. The summed E-state index contributed by atoms with van der Waals surface area (Å²) in [6, 6.07) is 20.4. The summed E-state index contributed by atoms with van der Waals surface area (Å²) < 4.78 is 21.7. The number of halogens is 1. The highest BCUT2D eigenvalue weighted by Gasteiger charge is 2.34. The molecule has 1 aromatic heterocycles. The average Bonchev–Trinajstić information content (AvgIpc) is 3.42. The fourth-order valence-electron chi connectivity index (χ4n) is 4.83. The van der Waals surface area contributed by atoms with Crippen molar-refractivity contribution in [3.8, 4) is 5.75 Å². The number of benzene rings is 3. The van der Waals surface area contributed by atoms with E-state index in [9.17, 15) is 9.18 Å². The fourth-order valence-corrected chi connectivity index (χ4v) is 4.83. The molecule has 3 aromatic carbocycles. The zero-order chi connectivity index (χ0) is 24.4. The van der Waals surface area contributed by atoms with Crippen molar-refractivity contribution < 1.29 is 13.9 Å². The van der Waals surface area contributed by atoms with Gasteiger partial charge in [-0.15, -0.1) is 0 Å². The van der Waals surface area contributed by atoms with Crippen LogP contribution in [0.5, 0.6) is 5.75 Å². The molecule has 0 spiro atoms. The maximum atomic E-state index is 13.4. The van der Waals surface area contributed by atoms with Crippen LogP contribution in [-0.4, -0.2) is 28.6 Å². The zero-order valence-corrected chi connectivity index (χ0v) is 20.2. The molecule has 0 radical (unpaired) electrons. The lowest BCUT2D eigenvalue weighted by atomic mass is 10.1. The van der Waals surface area contributed by atoms with Crippen molar-refractivity contribution in [2.45, 2.75) is 45.6 Å². The second-order valence-corrected chi connectivity index (χ2v) is 9.25. The quantitative estimate of drug-likeness (QED) is 0.289. The SMILES string of the molecule is Cc1cccc(OCCCCn2c(C3CC(=O)N(c4ccc(F)cc4)C3)nc3ccccc32)c1C. The minimum Gasteiger partial charge on any atom is -0.493 e. The molecule has 1 amide bonds. The summed E-state index contributed by atoms with van der Waals surface area (Å²) >= 11 is 0. The van der Waals surface area contributed by atoms with Gasteiger partial charge in [0.05, 0.1) is 17.6 Å². The summed E-state index contributed by atoms with van der Waals surface area (Å²) in [6.07, 6.45) is 2.27. The topological polar surface area (TPSA) is 47.4 Å². The Morgan fingerprint density at radius 3 is 2.63 bits per heavy atom. The third-order valence-corrected chi connectivity index (χ3v) is 6.90. The third-order valence-electron chi connectivity index (χ3n) is 6.90. The average molecular weight is 472 g/mol. The number of imidazole rings is 1. The lowest BCUT2D eigenvalue weighted by Gasteiger charge is -2.17. The van der Waals surface area contributed by atoms with E-state index >= 15 is 0 Å². The van der Waals surface area contributed by atoms with E-state index in [-0.39, 0.29) is 17.6 Å². The van der Waals surface area contributed by atoms with E-state index in [2.05, 4.69) is 30.5 Å². The lowest BCUT2D eigenvalue weighted by molar-refractivity contribution is -0.117. The van der Waals surface area contributed by atoms with Crippen LogP contribution >= 0.6 is 0 Å². The minimum absolute atomic E-state index is 0.00820. The molecule has 180 valence electrons. The number of anilines is 1. The van der Waals surface area contributed by atoms with Crippen molar-refractivity contribution in [1.82, 2.24) is 9.55 Å². The van der Waals surface area contributed by atoms with E-state index in [1.54, 1.807) is 17.0 Å². The maximum Gasteiger partial charge on any atom is 0.227 e. The van der Waals surface area contributed by atoms with E-state index in [1.807, 2.05) is 30.3 Å². The number of ether oxygens (including phenoxy) is 1. The predicted molar refractivity (Wildman–Crippen MR) is 136 cm³/mol. The van der Waals surface area contributed by atoms with Crippen LogP contribution in [0.15, 0.2) is 66.7 Å². The Labute approximate surface area is 205 Å². The van der Waals surface area contributed by atoms with Crippen molar-refractivity contribution in [3.63, 3.8) is 0 Å². The summed E-state index contributed by atoms with van der Waals surface area (Å²) in [5, 5.41) is 0. The first-order valence-corrected chi connectivity index (χ1v) is 12.2. The van der Waals surface area contributed by atoms with E-state index in [0.29, 0.717) is 19.6 Å². The summed E-state index contributed by atoms with van der Waals surface area (Å²) in [5.74, 6) is 1.62. The van der Waals surface area contributed by atoms with Crippen LogP contribution in [-0.2, 0) is 11.3 Å². The van der Waals surface area contributed by atoms with Gasteiger partial charge in [0.1, 0.15) is 17.4 Å². The first-order chi connectivity index (χ1) is 17.0. The van der Waals surface area contributed by atoms with Gasteiger partial charge in [0.25, 0.3) is 0 Å². The molecular formula is C29H30FN3O2. The van der Waals surface area contributed by atoms with Gasteiger partial charge in [-0.05, 0) is 80.3 Å². The Bertz CT molecular complexity index is 1350. The first-order valence-electron chi connectivity index (χ1n) is 12.2. The number of hydrogen-bond acceptors (Lipinski definition) is 3. The number of para-hydroxylation sites is 2. The van der Waals surface area contributed by atoms with Crippen molar-refractivity contribution >= 4 is 22.6 Å². The number of fused-ring (bicyclic) bond motifs is 1. The van der Waals surface area contributed by atoms with E-state index in [4.69, 9.17) is 9.72 Å². The Balaban J connectivity index is 1.29. The molecular weight excluding hydrogens is 441 g/mol. The summed E-state index contributed by atoms with van der Waals surface area (Å²) in [4.78, 5) is 19.5. The normalized spacial score (nSPS) is 15.8. The Morgan fingerprint density at radius 1 is 1.00 bits per heavy atom. The molecule has 0 N–H and O–H groups in total. The summed E-state index contributed by atoms with van der Waals surface area (Å²) in [7, 11) is 0. The molecule has 0 aliphatic carbocycles. The highest BCUT2D eigenvalue weighted by atomic mass is 19.1. The molecule has 0 bridgehead atoms. The number of hydrogen-bond donors (Lipinski definition) is 0. The van der Waals surface area contributed by atoms with Gasteiger partial charge in [-0.25, -0.2) is 9.37 Å². The van der Waals surface area contributed by atoms with Crippen molar-refractivity contribution in [3.05, 3.63) is 89.5 Å². The molecule has 5 nitrogen and oxygen atoms in total. The van der Waals surface area contributed by atoms with Crippen molar-refractivity contribution in [2.75, 3.05) is 18.1 Å². The number of amides is 1. The minimum atomic E-state index is -0.305. The Kier molecular flexibility index (Phi) is 6.53. The van der Waals surface area contributed by atoms with Gasteiger partial charge < -0.3 is 14.2 Å². The fraction of sp³-hybridized carbons (Fsp3) is 0.310. The van der Waals surface area contributed by atoms with E-state index in [0.717, 1.165) is 47.7 Å². The molecule has 6 heteroatoms. The number of aryl methyl sites for hydroxylation is 2. The first kappa shape index (κ1) is 23.1. The molecule has 1 fully saturated rings. The van der Waals surface area contributed by atoms with Gasteiger partial charge in [0.2, 0.25) is 5.91 Å². The van der Waals surface area contributed by atoms with Gasteiger partial charge in [-0.3, -0.25) is 4.79 Å². The molecule has 35 heavy (non-hydrogen) atoms. The smallest absolute Gasteiger partial charge is 0.227 e. The number of rotatable bonds is 8. The monoisotopic (exact) mass is 471 g/mol. The van der Waals surface area contributed by atoms with Gasteiger partial charge in [0, 0.05) is 31.1 Å². The molecule has 1 aliphatic heterocycles. The van der Waals surface area contributed by atoms with Crippen LogP contribution < -0.4 is 9.64 Å². The molecule has 4 aromatic rings. The summed E-state index contributed by atoms with van der Waals surface area (Å²) in [5.41, 5.74) is 5.18.